The predicted octanol–water partition coefficient (Wildman–Crippen LogP) is 1.88. The molecule has 0 atom stereocenters. The maximum atomic E-state index is 4.47. The van der Waals surface area contributed by atoms with Crippen LogP contribution in [-0.2, 0) is 6.42 Å². The minimum absolute atomic E-state index is 0.595. The second-order valence-corrected chi connectivity index (χ2v) is 4.86. The molecule has 0 saturated carbocycles. The highest BCUT2D eigenvalue weighted by molar-refractivity contribution is 7.18. The third-order valence-corrected chi connectivity index (χ3v) is 3.80. The average molecular weight is 260 g/mol. The van der Waals surface area contributed by atoms with Crippen molar-refractivity contribution in [2.75, 3.05) is 12.4 Å². The van der Waals surface area contributed by atoms with Crippen LogP contribution in [0.4, 0.5) is 5.95 Å². The summed E-state index contributed by atoms with van der Waals surface area (Å²) in [7, 11) is 1.81. The summed E-state index contributed by atoms with van der Waals surface area (Å²) in [5.74, 6) is 1.36. The van der Waals surface area contributed by atoms with Crippen molar-refractivity contribution in [3.8, 4) is 5.82 Å². The molecule has 0 fully saturated rings. The molecule has 0 aliphatic carbocycles. The van der Waals surface area contributed by atoms with E-state index in [1.165, 1.54) is 11.2 Å². The minimum Gasteiger partial charge on any atom is -0.357 e. The van der Waals surface area contributed by atoms with Crippen molar-refractivity contribution in [3.05, 3.63) is 23.6 Å². The zero-order valence-electron chi connectivity index (χ0n) is 10.1. The minimum atomic E-state index is 0.595. The summed E-state index contributed by atoms with van der Waals surface area (Å²) in [6.07, 6.45) is 4.14. The third-order valence-electron chi connectivity index (χ3n) is 2.63. The Morgan fingerprint density at radius 2 is 2.28 bits per heavy atom. The zero-order valence-corrected chi connectivity index (χ0v) is 10.9. The molecule has 0 bridgehead atoms. The van der Waals surface area contributed by atoms with Crippen molar-refractivity contribution in [2.45, 2.75) is 13.3 Å². The lowest BCUT2D eigenvalue weighted by Gasteiger charge is -2.04. The number of nitrogens with one attached hydrogen (secondary N) is 1. The second kappa shape index (κ2) is 4.34. The summed E-state index contributed by atoms with van der Waals surface area (Å²) >= 11 is 1.69. The molecule has 0 unspecified atom stereocenters. The molecule has 0 radical (unpaired) electrons. The lowest BCUT2D eigenvalue weighted by atomic mass is 10.3. The van der Waals surface area contributed by atoms with Gasteiger partial charge in [-0.2, -0.15) is 10.1 Å². The number of fused-ring (bicyclic) bond motifs is 1. The van der Waals surface area contributed by atoms with Crippen molar-refractivity contribution in [1.82, 2.24) is 24.7 Å². The smallest absolute Gasteiger partial charge is 0.225 e. The zero-order chi connectivity index (χ0) is 12.5. The Morgan fingerprint density at radius 3 is 2.94 bits per heavy atom. The molecule has 0 aliphatic rings. The monoisotopic (exact) mass is 260 g/mol. The first-order chi connectivity index (χ1) is 8.81. The summed E-state index contributed by atoms with van der Waals surface area (Å²) in [5.41, 5.74) is 0. The quantitative estimate of drug-likeness (QED) is 0.778. The summed E-state index contributed by atoms with van der Waals surface area (Å²) in [6, 6.07) is 2.12. The van der Waals surface area contributed by atoms with Crippen LogP contribution in [0.25, 0.3) is 16.0 Å². The van der Waals surface area contributed by atoms with Gasteiger partial charge in [0.05, 0.1) is 5.39 Å². The highest BCUT2D eigenvalue weighted by Crippen LogP contribution is 2.28. The van der Waals surface area contributed by atoms with Crippen LogP contribution in [0.15, 0.2) is 18.7 Å². The molecule has 0 spiro atoms. The van der Waals surface area contributed by atoms with Crippen LogP contribution in [0.2, 0.25) is 0 Å². The number of thiophene rings is 1. The summed E-state index contributed by atoms with van der Waals surface area (Å²) in [5, 5.41) is 8.13. The fraction of sp³-hybridized carbons (Fsp3) is 0.273. The van der Waals surface area contributed by atoms with Gasteiger partial charge in [-0.25, -0.2) is 14.6 Å². The van der Waals surface area contributed by atoms with Crippen molar-refractivity contribution < 1.29 is 0 Å². The first kappa shape index (κ1) is 11.1. The molecular formula is C11H12N6S. The van der Waals surface area contributed by atoms with Gasteiger partial charge in [0.1, 0.15) is 17.5 Å². The number of hydrogen-bond donors (Lipinski definition) is 1. The summed E-state index contributed by atoms with van der Waals surface area (Å²) < 4.78 is 1.66. The van der Waals surface area contributed by atoms with Gasteiger partial charge in [0.15, 0.2) is 5.82 Å². The SMILES string of the molecule is CCc1cc2c(-n3cncn3)nc(NC)nc2s1. The van der Waals surface area contributed by atoms with Gasteiger partial charge in [0.25, 0.3) is 0 Å². The van der Waals surface area contributed by atoms with Gasteiger partial charge in [-0.3, -0.25) is 0 Å². The molecule has 3 aromatic heterocycles. The van der Waals surface area contributed by atoms with E-state index in [-0.39, 0.29) is 0 Å². The van der Waals surface area contributed by atoms with Crippen molar-refractivity contribution in [1.29, 1.82) is 0 Å². The maximum absolute atomic E-state index is 4.47. The number of rotatable bonds is 3. The Hall–Kier alpha value is -2.02. The first-order valence-electron chi connectivity index (χ1n) is 5.65. The number of aromatic nitrogens is 5. The molecule has 0 amide bonds. The fourth-order valence-corrected chi connectivity index (χ4v) is 2.70. The Bertz CT molecular complexity index is 672. The normalized spacial score (nSPS) is 11.0. The topological polar surface area (TPSA) is 68.5 Å². The standard InChI is InChI=1S/C11H12N6S/c1-3-7-4-8-9(17-6-13-5-14-17)15-11(12-2)16-10(8)18-7/h4-6H,3H2,1-2H3,(H,12,15,16). The van der Waals surface area contributed by atoms with E-state index < -0.39 is 0 Å². The molecule has 7 heteroatoms. The Labute approximate surface area is 108 Å². The van der Waals surface area contributed by atoms with Crippen LogP contribution in [0.5, 0.6) is 0 Å². The van der Waals surface area contributed by atoms with Crippen molar-refractivity contribution >= 4 is 27.5 Å². The molecule has 0 aliphatic heterocycles. The molecule has 6 nitrogen and oxygen atoms in total. The Morgan fingerprint density at radius 1 is 1.39 bits per heavy atom. The van der Waals surface area contributed by atoms with Gasteiger partial charge in [0.2, 0.25) is 5.95 Å². The predicted molar refractivity (Wildman–Crippen MR) is 71.3 cm³/mol. The van der Waals surface area contributed by atoms with E-state index in [9.17, 15) is 0 Å². The first-order valence-corrected chi connectivity index (χ1v) is 6.46. The highest BCUT2D eigenvalue weighted by Gasteiger charge is 2.12. The van der Waals surface area contributed by atoms with Gasteiger partial charge >= 0.3 is 0 Å². The van der Waals surface area contributed by atoms with Gasteiger partial charge in [-0.05, 0) is 12.5 Å². The maximum Gasteiger partial charge on any atom is 0.225 e. The second-order valence-electron chi connectivity index (χ2n) is 3.75. The van der Waals surface area contributed by atoms with E-state index in [2.05, 4.69) is 38.4 Å². The van der Waals surface area contributed by atoms with Crippen LogP contribution < -0.4 is 5.32 Å². The van der Waals surface area contributed by atoms with Gasteiger partial charge in [-0.15, -0.1) is 11.3 Å². The largest absolute Gasteiger partial charge is 0.357 e. The van der Waals surface area contributed by atoms with Gasteiger partial charge < -0.3 is 5.32 Å². The molecule has 3 heterocycles. The Balaban J connectivity index is 2.30. The summed E-state index contributed by atoms with van der Waals surface area (Å²) in [4.78, 5) is 15.1. The molecule has 0 saturated heterocycles. The van der Waals surface area contributed by atoms with Crippen LogP contribution in [0.3, 0.4) is 0 Å². The third kappa shape index (κ3) is 1.72. The number of nitrogens with zero attached hydrogens (tertiary/aromatic N) is 5. The van der Waals surface area contributed by atoms with E-state index in [4.69, 9.17) is 0 Å². The number of aryl methyl sites for hydroxylation is 1. The van der Waals surface area contributed by atoms with E-state index in [1.807, 2.05) is 0 Å². The van der Waals surface area contributed by atoms with Gasteiger partial charge in [0, 0.05) is 11.9 Å². The van der Waals surface area contributed by atoms with Crippen molar-refractivity contribution in [3.63, 3.8) is 0 Å². The number of anilines is 1. The molecule has 92 valence electrons. The van der Waals surface area contributed by atoms with Gasteiger partial charge in [-0.1, -0.05) is 6.92 Å². The lowest BCUT2D eigenvalue weighted by Crippen LogP contribution is -2.03. The number of hydrogen-bond acceptors (Lipinski definition) is 6. The van der Waals surface area contributed by atoms with E-state index in [0.717, 1.165) is 22.5 Å². The summed E-state index contributed by atoms with van der Waals surface area (Å²) in [6.45, 7) is 2.13. The van der Waals surface area contributed by atoms with Crippen LogP contribution in [0, 0.1) is 0 Å². The van der Waals surface area contributed by atoms with Crippen LogP contribution in [0.1, 0.15) is 11.8 Å². The molecule has 0 aromatic carbocycles. The van der Waals surface area contributed by atoms with Crippen LogP contribution in [-0.4, -0.2) is 31.8 Å². The molecule has 1 N–H and O–H groups in total. The van der Waals surface area contributed by atoms with Crippen LogP contribution >= 0.6 is 11.3 Å². The highest BCUT2D eigenvalue weighted by atomic mass is 32.1. The molecule has 18 heavy (non-hydrogen) atoms. The lowest BCUT2D eigenvalue weighted by molar-refractivity contribution is 0.851. The Kier molecular flexibility index (Phi) is 2.67. The van der Waals surface area contributed by atoms with E-state index >= 15 is 0 Å². The van der Waals surface area contributed by atoms with Crippen molar-refractivity contribution in [2.24, 2.45) is 0 Å². The molecule has 3 aromatic rings. The molecule has 3 rings (SSSR count). The fourth-order valence-electron chi connectivity index (χ4n) is 1.73. The van der Waals surface area contributed by atoms with E-state index in [1.54, 1.807) is 29.4 Å². The molecular weight excluding hydrogens is 248 g/mol. The van der Waals surface area contributed by atoms with E-state index in [0.29, 0.717) is 5.95 Å². The average Bonchev–Trinajstić information content (AvgIpc) is 3.05.